The van der Waals surface area contributed by atoms with Crippen molar-refractivity contribution in [3.63, 3.8) is 0 Å². The van der Waals surface area contributed by atoms with Crippen molar-refractivity contribution in [1.29, 1.82) is 0 Å². The summed E-state index contributed by atoms with van der Waals surface area (Å²) in [5.74, 6) is -2.21. The van der Waals surface area contributed by atoms with Gasteiger partial charge in [0.1, 0.15) is 11.5 Å². The van der Waals surface area contributed by atoms with Crippen LogP contribution in [0.3, 0.4) is 0 Å². The number of aryl methyl sites for hydroxylation is 1. The SMILES string of the molecule is CCCC(C(=O)O)c1ccc(Oc2cc(C)c(C(F)(F)F)c(C(F)(F)F)c2)cc1-c1ccccc1. The fourth-order valence-electron chi connectivity index (χ4n) is 4.02. The smallest absolute Gasteiger partial charge is 0.417 e. The number of carboxylic acids is 1. The summed E-state index contributed by atoms with van der Waals surface area (Å²) in [6, 6.07) is 14.4. The van der Waals surface area contributed by atoms with E-state index in [0.717, 1.165) is 13.0 Å². The van der Waals surface area contributed by atoms with Crippen molar-refractivity contribution in [2.24, 2.45) is 0 Å². The third-order valence-corrected chi connectivity index (χ3v) is 5.49. The van der Waals surface area contributed by atoms with E-state index in [4.69, 9.17) is 4.74 Å². The molecule has 0 aliphatic rings. The van der Waals surface area contributed by atoms with E-state index in [9.17, 15) is 36.2 Å². The van der Waals surface area contributed by atoms with Gasteiger partial charge in [-0.05, 0) is 59.9 Å². The van der Waals surface area contributed by atoms with Crippen molar-refractivity contribution < 1.29 is 41.0 Å². The summed E-state index contributed by atoms with van der Waals surface area (Å²) in [7, 11) is 0. The monoisotopic (exact) mass is 496 g/mol. The highest BCUT2D eigenvalue weighted by Gasteiger charge is 2.44. The summed E-state index contributed by atoms with van der Waals surface area (Å²) in [6.45, 7) is 2.78. The van der Waals surface area contributed by atoms with E-state index < -0.39 is 46.7 Å². The van der Waals surface area contributed by atoms with Crippen molar-refractivity contribution in [2.45, 2.75) is 45.0 Å². The molecule has 0 bridgehead atoms. The highest BCUT2D eigenvalue weighted by molar-refractivity contribution is 5.81. The minimum absolute atomic E-state index is 0.0560. The minimum atomic E-state index is -5.25. The van der Waals surface area contributed by atoms with Crippen LogP contribution in [0.15, 0.2) is 60.7 Å². The molecule has 186 valence electrons. The zero-order chi connectivity index (χ0) is 26.0. The molecule has 35 heavy (non-hydrogen) atoms. The van der Waals surface area contributed by atoms with Crippen LogP contribution in [-0.2, 0) is 17.1 Å². The molecule has 1 atom stereocenters. The number of hydrogen-bond donors (Lipinski definition) is 1. The molecule has 0 saturated carbocycles. The van der Waals surface area contributed by atoms with Crippen molar-refractivity contribution >= 4 is 5.97 Å². The Morgan fingerprint density at radius 2 is 1.57 bits per heavy atom. The van der Waals surface area contributed by atoms with Crippen molar-refractivity contribution in [1.82, 2.24) is 0 Å². The number of carboxylic acid groups (broad SMARTS) is 1. The Bertz CT molecular complexity index is 1200. The number of alkyl halides is 6. The molecule has 0 aromatic heterocycles. The zero-order valence-corrected chi connectivity index (χ0v) is 18.8. The second-order valence-corrected chi connectivity index (χ2v) is 8.05. The minimum Gasteiger partial charge on any atom is -0.481 e. The number of benzene rings is 3. The number of carbonyl (C=O) groups is 1. The van der Waals surface area contributed by atoms with Gasteiger partial charge in [0.05, 0.1) is 17.0 Å². The van der Waals surface area contributed by atoms with Crippen molar-refractivity contribution in [2.75, 3.05) is 0 Å². The molecule has 3 aromatic rings. The third-order valence-electron chi connectivity index (χ3n) is 5.49. The first-order valence-electron chi connectivity index (χ1n) is 10.7. The first-order chi connectivity index (χ1) is 16.3. The number of aliphatic carboxylic acids is 1. The van der Waals surface area contributed by atoms with Gasteiger partial charge in [-0.2, -0.15) is 26.3 Å². The lowest BCUT2D eigenvalue weighted by Crippen LogP contribution is -2.18. The highest BCUT2D eigenvalue weighted by Crippen LogP contribution is 2.44. The van der Waals surface area contributed by atoms with Gasteiger partial charge >= 0.3 is 18.3 Å². The van der Waals surface area contributed by atoms with Gasteiger partial charge in [-0.15, -0.1) is 0 Å². The molecule has 3 aromatic carbocycles. The van der Waals surface area contributed by atoms with Crippen LogP contribution in [0.2, 0.25) is 0 Å². The molecule has 0 fully saturated rings. The van der Waals surface area contributed by atoms with E-state index in [2.05, 4.69) is 0 Å². The van der Waals surface area contributed by atoms with Gasteiger partial charge in [0.15, 0.2) is 0 Å². The summed E-state index contributed by atoms with van der Waals surface area (Å²) in [5.41, 5.74) is -2.57. The summed E-state index contributed by atoms with van der Waals surface area (Å²) < 4.78 is 85.8. The molecule has 0 saturated heterocycles. The molecule has 0 aliphatic carbocycles. The molecular formula is C26H22F6O3. The Morgan fingerprint density at radius 3 is 2.11 bits per heavy atom. The van der Waals surface area contributed by atoms with Crippen molar-refractivity contribution in [3.05, 3.63) is 82.9 Å². The largest absolute Gasteiger partial charge is 0.481 e. The van der Waals surface area contributed by atoms with Crippen LogP contribution in [0, 0.1) is 6.92 Å². The zero-order valence-electron chi connectivity index (χ0n) is 18.8. The summed E-state index contributed by atoms with van der Waals surface area (Å²) in [4.78, 5) is 11.9. The van der Waals surface area contributed by atoms with E-state index in [0.29, 0.717) is 35.6 Å². The topological polar surface area (TPSA) is 46.5 Å². The van der Waals surface area contributed by atoms with E-state index in [1.807, 2.05) is 6.92 Å². The Balaban J connectivity index is 2.12. The normalized spacial score (nSPS) is 12.9. The van der Waals surface area contributed by atoms with Crippen LogP contribution in [0.5, 0.6) is 11.5 Å². The van der Waals surface area contributed by atoms with Gasteiger partial charge in [-0.1, -0.05) is 49.7 Å². The standard InChI is InChI=1S/C26H22F6O3/c1-3-7-20(24(33)34)19-11-10-17(13-21(19)16-8-5-4-6-9-16)35-18-12-15(2)23(26(30,31)32)22(14-18)25(27,28)29/h4-6,8-14,20H,3,7H2,1-2H3,(H,33,34). The maximum Gasteiger partial charge on any atom is 0.417 e. The molecule has 0 radical (unpaired) electrons. The fourth-order valence-corrected chi connectivity index (χ4v) is 4.02. The Kier molecular flexibility index (Phi) is 7.47. The molecule has 9 heteroatoms. The summed E-state index contributed by atoms with van der Waals surface area (Å²) >= 11 is 0. The quantitative estimate of drug-likeness (QED) is 0.334. The second-order valence-electron chi connectivity index (χ2n) is 8.05. The molecule has 0 heterocycles. The lowest BCUT2D eigenvalue weighted by Gasteiger charge is -2.20. The molecule has 0 spiro atoms. The Hall–Kier alpha value is -3.49. The van der Waals surface area contributed by atoms with Crippen LogP contribution < -0.4 is 4.74 Å². The highest BCUT2D eigenvalue weighted by atomic mass is 19.4. The molecule has 1 unspecified atom stereocenters. The van der Waals surface area contributed by atoms with E-state index in [1.165, 1.54) is 18.2 Å². The van der Waals surface area contributed by atoms with Crippen LogP contribution in [0.4, 0.5) is 26.3 Å². The maximum atomic E-state index is 13.4. The molecule has 3 rings (SSSR count). The second kappa shape index (κ2) is 10.0. The number of ether oxygens (including phenoxy) is 1. The average Bonchev–Trinajstić information content (AvgIpc) is 2.76. The summed E-state index contributed by atoms with van der Waals surface area (Å²) in [5, 5.41) is 9.73. The number of halogens is 6. The fraction of sp³-hybridized carbons (Fsp3) is 0.269. The van der Waals surface area contributed by atoms with Crippen LogP contribution in [0.1, 0.15) is 47.9 Å². The molecule has 1 N–H and O–H groups in total. The number of rotatable bonds is 7. The van der Waals surface area contributed by atoms with Crippen LogP contribution >= 0.6 is 0 Å². The van der Waals surface area contributed by atoms with Crippen LogP contribution in [-0.4, -0.2) is 11.1 Å². The first-order valence-corrected chi connectivity index (χ1v) is 10.7. The Labute approximate surface area is 198 Å². The van der Waals surface area contributed by atoms with Gasteiger partial charge < -0.3 is 9.84 Å². The van der Waals surface area contributed by atoms with Gasteiger partial charge in [-0.3, -0.25) is 4.79 Å². The van der Waals surface area contributed by atoms with Gasteiger partial charge in [0, 0.05) is 0 Å². The lowest BCUT2D eigenvalue weighted by atomic mass is 9.87. The van der Waals surface area contributed by atoms with E-state index in [-0.39, 0.29) is 5.75 Å². The third kappa shape index (κ3) is 5.96. The summed E-state index contributed by atoms with van der Waals surface area (Å²) in [6.07, 6.45) is -9.47. The van der Waals surface area contributed by atoms with Crippen molar-refractivity contribution in [3.8, 4) is 22.6 Å². The molecular weight excluding hydrogens is 474 g/mol. The maximum absolute atomic E-state index is 13.4. The molecule has 0 amide bonds. The van der Waals surface area contributed by atoms with Gasteiger partial charge in [-0.25, -0.2) is 0 Å². The first kappa shape index (κ1) is 26.1. The molecule has 3 nitrogen and oxygen atoms in total. The average molecular weight is 496 g/mol. The van der Waals surface area contributed by atoms with Gasteiger partial charge in [0.2, 0.25) is 0 Å². The van der Waals surface area contributed by atoms with E-state index in [1.54, 1.807) is 30.3 Å². The predicted octanol–water partition coefficient (Wildman–Crippen LogP) is 8.46. The van der Waals surface area contributed by atoms with Crippen LogP contribution in [0.25, 0.3) is 11.1 Å². The molecule has 0 aliphatic heterocycles. The number of hydrogen-bond acceptors (Lipinski definition) is 2. The predicted molar refractivity (Wildman–Crippen MR) is 118 cm³/mol. The van der Waals surface area contributed by atoms with E-state index >= 15 is 0 Å². The lowest BCUT2D eigenvalue weighted by molar-refractivity contribution is -0.162. The van der Waals surface area contributed by atoms with Gasteiger partial charge in [0.25, 0.3) is 0 Å². The Morgan fingerprint density at radius 1 is 0.914 bits per heavy atom.